The summed E-state index contributed by atoms with van der Waals surface area (Å²) >= 11 is 6.25. The second-order valence-corrected chi connectivity index (χ2v) is 7.06. The van der Waals surface area contributed by atoms with Crippen LogP contribution in [0.3, 0.4) is 0 Å². The van der Waals surface area contributed by atoms with Crippen molar-refractivity contribution in [1.82, 2.24) is 15.3 Å². The Balaban J connectivity index is 1.54. The van der Waals surface area contributed by atoms with E-state index in [4.69, 9.17) is 11.6 Å². The maximum absolute atomic E-state index is 12.7. The molecule has 0 bridgehead atoms. The van der Waals surface area contributed by atoms with E-state index in [1.807, 2.05) is 31.2 Å². The lowest BCUT2D eigenvalue weighted by atomic mass is 10.1. The van der Waals surface area contributed by atoms with Gasteiger partial charge in [0.1, 0.15) is 5.82 Å². The summed E-state index contributed by atoms with van der Waals surface area (Å²) in [5, 5.41) is 3.41. The van der Waals surface area contributed by atoms with Gasteiger partial charge in [-0.05, 0) is 43.7 Å². The van der Waals surface area contributed by atoms with Gasteiger partial charge in [-0.3, -0.25) is 9.59 Å². The zero-order valence-corrected chi connectivity index (χ0v) is 15.6. The number of anilines is 1. The van der Waals surface area contributed by atoms with Crippen molar-refractivity contribution in [2.75, 3.05) is 11.4 Å². The third-order valence-electron chi connectivity index (χ3n) is 4.74. The first kappa shape index (κ1) is 17.5. The molecule has 2 N–H and O–H groups in total. The van der Waals surface area contributed by atoms with Gasteiger partial charge in [-0.15, -0.1) is 0 Å². The van der Waals surface area contributed by atoms with Crippen molar-refractivity contribution in [2.24, 2.45) is 0 Å². The van der Waals surface area contributed by atoms with E-state index in [2.05, 4.69) is 15.3 Å². The largest absolute Gasteiger partial charge is 0.342 e. The highest BCUT2D eigenvalue weighted by Gasteiger charge is 2.25. The summed E-state index contributed by atoms with van der Waals surface area (Å²) in [5.41, 5.74) is 2.82. The number of hydrogen-bond donors (Lipinski definition) is 2. The first-order chi connectivity index (χ1) is 13.0. The molecule has 2 amide bonds. The van der Waals surface area contributed by atoms with E-state index < -0.39 is 0 Å². The number of aromatic amines is 1. The van der Waals surface area contributed by atoms with E-state index >= 15 is 0 Å². The van der Waals surface area contributed by atoms with E-state index in [0.717, 1.165) is 17.5 Å². The second-order valence-electron chi connectivity index (χ2n) is 6.65. The third kappa shape index (κ3) is 3.40. The molecule has 1 saturated heterocycles. The van der Waals surface area contributed by atoms with Crippen molar-refractivity contribution in [3.8, 4) is 0 Å². The highest BCUT2D eigenvalue weighted by atomic mass is 35.5. The molecular weight excluding hydrogens is 364 g/mol. The number of amides is 2. The molecule has 0 unspecified atom stereocenters. The predicted molar refractivity (Wildman–Crippen MR) is 105 cm³/mol. The van der Waals surface area contributed by atoms with Gasteiger partial charge in [-0.2, -0.15) is 0 Å². The monoisotopic (exact) mass is 382 g/mol. The number of imidazole rings is 1. The number of benzene rings is 2. The molecule has 0 aliphatic carbocycles. The highest BCUT2D eigenvalue weighted by molar-refractivity contribution is 6.34. The number of halogens is 1. The van der Waals surface area contributed by atoms with Crippen molar-refractivity contribution in [3.05, 3.63) is 58.9 Å². The van der Waals surface area contributed by atoms with E-state index in [0.29, 0.717) is 35.1 Å². The van der Waals surface area contributed by atoms with Crippen molar-refractivity contribution in [3.63, 3.8) is 0 Å². The molecule has 2 aromatic carbocycles. The molecule has 0 radical (unpaired) electrons. The molecule has 7 heteroatoms. The highest BCUT2D eigenvalue weighted by Crippen LogP contribution is 2.30. The average molecular weight is 383 g/mol. The summed E-state index contributed by atoms with van der Waals surface area (Å²) in [6, 6.07) is 12.4. The standard InChI is InChI=1S/C20H19ClN4O2/c1-12(19-23-15-5-2-3-6-16(15)24-19)22-20(27)13-8-9-14(21)17(11-13)25-10-4-7-18(25)26/h2-3,5-6,8-9,11-12H,4,7,10H2,1H3,(H,22,27)(H,23,24)/t12-/m1/s1. The predicted octanol–water partition coefficient (Wildman–Crippen LogP) is 3.83. The summed E-state index contributed by atoms with van der Waals surface area (Å²) in [6.45, 7) is 2.50. The van der Waals surface area contributed by atoms with E-state index in [1.165, 1.54) is 0 Å². The fourth-order valence-electron chi connectivity index (χ4n) is 3.29. The molecule has 6 nitrogen and oxygen atoms in total. The summed E-state index contributed by atoms with van der Waals surface area (Å²) in [5.74, 6) is 0.478. The van der Waals surface area contributed by atoms with Crippen LogP contribution in [0.25, 0.3) is 11.0 Å². The molecule has 1 aliphatic rings. The van der Waals surface area contributed by atoms with Gasteiger partial charge in [0.15, 0.2) is 0 Å². The maximum Gasteiger partial charge on any atom is 0.251 e. The minimum absolute atomic E-state index is 0.0325. The van der Waals surface area contributed by atoms with Crippen molar-refractivity contribution >= 4 is 40.1 Å². The van der Waals surface area contributed by atoms with Crippen LogP contribution in [-0.2, 0) is 4.79 Å². The van der Waals surface area contributed by atoms with Gasteiger partial charge in [0.25, 0.3) is 5.91 Å². The van der Waals surface area contributed by atoms with Crippen LogP contribution < -0.4 is 10.2 Å². The van der Waals surface area contributed by atoms with E-state index in [9.17, 15) is 9.59 Å². The maximum atomic E-state index is 12.7. The zero-order valence-electron chi connectivity index (χ0n) is 14.8. The van der Waals surface area contributed by atoms with E-state index in [-0.39, 0.29) is 17.9 Å². The first-order valence-corrected chi connectivity index (χ1v) is 9.26. The number of hydrogen-bond acceptors (Lipinski definition) is 3. The Morgan fingerprint density at radius 1 is 1.30 bits per heavy atom. The number of nitrogens with zero attached hydrogens (tertiary/aromatic N) is 2. The van der Waals surface area contributed by atoms with Gasteiger partial charge >= 0.3 is 0 Å². The van der Waals surface area contributed by atoms with E-state index in [1.54, 1.807) is 23.1 Å². The van der Waals surface area contributed by atoms with Gasteiger partial charge in [-0.25, -0.2) is 4.98 Å². The van der Waals surface area contributed by atoms with Crippen LogP contribution >= 0.6 is 11.6 Å². The molecular formula is C20H19ClN4O2. The number of nitrogens with one attached hydrogen (secondary N) is 2. The van der Waals surface area contributed by atoms with Crippen LogP contribution in [0.15, 0.2) is 42.5 Å². The molecule has 1 aromatic heterocycles. The molecule has 2 heterocycles. The number of H-pyrrole nitrogens is 1. The Kier molecular flexibility index (Phi) is 4.58. The molecule has 138 valence electrons. The number of carbonyl (C=O) groups is 2. The first-order valence-electron chi connectivity index (χ1n) is 8.88. The lowest BCUT2D eigenvalue weighted by molar-refractivity contribution is -0.117. The number of aromatic nitrogens is 2. The molecule has 1 fully saturated rings. The van der Waals surface area contributed by atoms with Crippen molar-refractivity contribution in [1.29, 1.82) is 0 Å². The Labute approximate surface area is 161 Å². The summed E-state index contributed by atoms with van der Waals surface area (Å²) < 4.78 is 0. The normalized spacial score (nSPS) is 15.3. The van der Waals surface area contributed by atoms with Crippen LogP contribution in [0.5, 0.6) is 0 Å². The van der Waals surface area contributed by atoms with Crippen LogP contribution in [0, 0.1) is 0 Å². The van der Waals surface area contributed by atoms with Gasteiger partial charge < -0.3 is 15.2 Å². The number of para-hydroxylation sites is 2. The zero-order chi connectivity index (χ0) is 19.0. The molecule has 0 saturated carbocycles. The van der Waals surface area contributed by atoms with Gasteiger partial charge in [0.05, 0.1) is 27.8 Å². The second kappa shape index (κ2) is 7.04. The Morgan fingerprint density at radius 2 is 2.11 bits per heavy atom. The smallest absolute Gasteiger partial charge is 0.251 e. The summed E-state index contributed by atoms with van der Waals surface area (Å²) in [6.07, 6.45) is 1.31. The minimum Gasteiger partial charge on any atom is -0.342 e. The summed E-state index contributed by atoms with van der Waals surface area (Å²) in [7, 11) is 0. The Morgan fingerprint density at radius 3 is 2.85 bits per heavy atom. The molecule has 27 heavy (non-hydrogen) atoms. The van der Waals surface area contributed by atoms with Crippen LogP contribution in [0.1, 0.15) is 42.0 Å². The van der Waals surface area contributed by atoms with Crippen LogP contribution in [0.2, 0.25) is 5.02 Å². The van der Waals surface area contributed by atoms with Gasteiger partial charge in [0.2, 0.25) is 5.91 Å². The fourth-order valence-corrected chi connectivity index (χ4v) is 3.51. The molecule has 3 aromatic rings. The van der Waals surface area contributed by atoms with Crippen LogP contribution in [0.4, 0.5) is 5.69 Å². The lowest BCUT2D eigenvalue weighted by Gasteiger charge is -2.19. The topological polar surface area (TPSA) is 78.1 Å². The molecule has 4 rings (SSSR count). The number of rotatable bonds is 4. The van der Waals surface area contributed by atoms with Crippen molar-refractivity contribution < 1.29 is 9.59 Å². The summed E-state index contributed by atoms with van der Waals surface area (Å²) in [4.78, 5) is 34.1. The number of fused-ring (bicyclic) bond motifs is 1. The quantitative estimate of drug-likeness (QED) is 0.719. The van der Waals surface area contributed by atoms with Crippen molar-refractivity contribution in [2.45, 2.75) is 25.8 Å². The number of carbonyl (C=O) groups excluding carboxylic acids is 2. The van der Waals surface area contributed by atoms with Crippen LogP contribution in [-0.4, -0.2) is 28.3 Å². The molecule has 1 aliphatic heterocycles. The van der Waals surface area contributed by atoms with Gasteiger partial charge in [0, 0.05) is 18.5 Å². The molecule has 1 atom stereocenters. The Hall–Kier alpha value is -2.86. The average Bonchev–Trinajstić information content (AvgIpc) is 3.28. The molecule has 0 spiro atoms. The lowest BCUT2D eigenvalue weighted by Crippen LogP contribution is -2.28. The fraction of sp³-hybridized carbons (Fsp3) is 0.250. The Bertz CT molecular complexity index is 997. The third-order valence-corrected chi connectivity index (χ3v) is 5.06. The SMILES string of the molecule is C[C@@H](NC(=O)c1ccc(Cl)c(N2CCCC2=O)c1)c1nc2ccccc2[nH]1. The van der Waals surface area contributed by atoms with Gasteiger partial charge in [-0.1, -0.05) is 23.7 Å². The minimum atomic E-state index is -0.294.